The number of hydrogen-bond donors (Lipinski definition) is 1. The van der Waals surface area contributed by atoms with Gasteiger partial charge >= 0.3 is 0 Å². The Balaban J connectivity index is 2.30. The number of aliphatic hydroxyl groups excluding tert-OH is 1. The third kappa shape index (κ3) is 1.61. The van der Waals surface area contributed by atoms with Crippen molar-refractivity contribution in [3.8, 4) is 0 Å². The van der Waals surface area contributed by atoms with Crippen LogP contribution in [0.25, 0.3) is 0 Å². The average molecular weight is 194 g/mol. The van der Waals surface area contributed by atoms with Gasteiger partial charge in [0.05, 0.1) is 6.61 Å². The molecular formula is C11H14OS. The van der Waals surface area contributed by atoms with E-state index in [1.54, 1.807) is 11.8 Å². The molecule has 1 aromatic carbocycles. The van der Waals surface area contributed by atoms with Gasteiger partial charge in [-0.1, -0.05) is 12.1 Å². The number of thioether (sulfide) groups is 1. The SMILES string of the molecule is CSc1cccc(C2(CO)CC2)c1. The second-order valence-electron chi connectivity index (χ2n) is 3.67. The molecule has 1 nitrogen and oxygen atoms in total. The molecular weight excluding hydrogens is 180 g/mol. The van der Waals surface area contributed by atoms with Crippen molar-refractivity contribution in [1.29, 1.82) is 0 Å². The van der Waals surface area contributed by atoms with Crippen LogP contribution in [-0.2, 0) is 5.41 Å². The first-order chi connectivity index (χ1) is 6.30. The van der Waals surface area contributed by atoms with Crippen LogP contribution in [0.4, 0.5) is 0 Å². The molecule has 2 rings (SSSR count). The lowest BCUT2D eigenvalue weighted by atomic mass is 9.97. The van der Waals surface area contributed by atoms with Crippen LogP contribution in [-0.4, -0.2) is 18.0 Å². The van der Waals surface area contributed by atoms with E-state index in [-0.39, 0.29) is 5.41 Å². The second-order valence-corrected chi connectivity index (χ2v) is 4.55. The normalized spacial score (nSPS) is 18.6. The number of rotatable bonds is 3. The summed E-state index contributed by atoms with van der Waals surface area (Å²) in [5, 5.41) is 9.27. The van der Waals surface area contributed by atoms with Gasteiger partial charge in [0.25, 0.3) is 0 Å². The van der Waals surface area contributed by atoms with Gasteiger partial charge < -0.3 is 5.11 Å². The first-order valence-electron chi connectivity index (χ1n) is 4.56. The van der Waals surface area contributed by atoms with Gasteiger partial charge in [-0.25, -0.2) is 0 Å². The van der Waals surface area contributed by atoms with Crippen molar-refractivity contribution >= 4 is 11.8 Å². The molecule has 0 saturated heterocycles. The van der Waals surface area contributed by atoms with Gasteiger partial charge in [-0.15, -0.1) is 11.8 Å². The molecule has 1 fully saturated rings. The summed E-state index contributed by atoms with van der Waals surface area (Å²) in [5.74, 6) is 0. The van der Waals surface area contributed by atoms with Crippen molar-refractivity contribution in [1.82, 2.24) is 0 Å². The van der Waals surface area contributed by atoms with E-state index >= 15 is 0 Å². The highest BCUT2D eigenvalue weighted by Crippen LogP contribution is 2.48. The molecule has 1 saturated carbocycles. The molecule has 0 aliphatic heterocycles. The number of hydrogen-bond acceptors (Lipinski definition) is 2. The molecule has 1 N–H and O–H groups in total. The number of benzene rings is 1. The van der Waals surface area contributed by atoms with Gasteiger partial charge in [-0.05, 0) is 36.8 Å². The number of aliphatic hydroxyl groups is 1. The van der Waals surface area contributed by atoms with E-state index in [0.29, 0.717) is 6.61 Å². The Labute approximate surface area is 83.2 Å². The van der Waals surface area contributed by atoms with Crippen molar-refractivity contribution in [2.45, 2.75) is 23.2 Å². The molecule has 1 aliphatic carbocycles. The van der Waals surface area contributed by atoms with E-state index in [0.717, 1.165) is 12.8 Å². The first-order valence-corrected chi connectivity index (χ1v) is 5.79. The largest absolute Gasteiger partial charge is 0.395 e. The standard InChI is InChI=1S/C11H14OS/c1-13-10-4-2-3-9(7-10)11(8-12)5-6-11/h2-4,7,12H,5-6,8H2,1H3. The van der Waals surface area contributed by atoms with Crippen molar-refractivity contribution in [3.63, 3.8) is 0 Å². The molecule has 0 unspecified atom stereocenters. The summed E-state index contributed by atoms with van der Waals surface area (Å²) < 4.78 is 0. The maximum Gasteiger partial charge on any atom is 0.0527 e. The van der Waals surface area contributed by atoms with Gasteiger partial charge in [0, 0.05) is 10.3 Å². The lowest BCUT2D eigenvalue weighted by Crippen LogP contribution is -2.11. The zero-order valence-electron chi connectivity index (χ0n) is 7.79. The lowest BCUT2D eigenvalue weighted by molar-refractivity contribution is 0.255. The van der Waals surface area contributed by atoms with E-state index in [2.05, 4.69) is 30.5 Å². The Kier molecular flexibility index (Phi) is 2.35. The maximum atomic E-state index is 9.27. The maximum absolute atomic E-state index is 9.27. The van der Waals surface area contributed by atoms with Gasteiger partial charge in [-0.3, -0.25) is 0 Å². The fraction of sp³-hybridized carbons (Fsp3) is 0.455. The zero-order valence-corrected chi connectivity index (χ0v) is 8.60. The Morgan fingerprint density at radius 2 is 2.23 bits per heavy atom. The molecule has 0 amide bonds. The Morgan fingerprint density at radius 3 is 2.77 bits per heavy atom. The fourth-order valence-corrected chi connectivity index (χ4v) is 2.10. The van der Waals surface area contributed by atoms with E-state index in [9.17, 15) is 5.11 Å². The minimum Gasteiger partial charge on any atom is -0.395 e. The molecule has 1 aromatic rings. The lowest BCUT2D eigenvalue weighted by Gasteiger charge is -2.12. The van der Waals surface area contributed by atoms with Crippen LogP contribution in [0.3, 0.4) is 0 Å². The molecule has 2 heteroatoms. The summed E-state index contributed by atoms with van der Waals surface area (Å²) in [5.41, 5.74) is 1.42. The predicted octanol–water partition coefficient (Wildman–Crippen LogP) is 2.43. The van der Waals surface area contributed by atoms with Crippen LogP contribution in [0, 0.1) is 0 Å². The minimum atomic E-state index is 0.117. The van der Waals surface area contributed by atoms with E-state index < -0.39 is 0 Å². The van der Waals surface area contributed by atoms with Gasteiger partial charge in [0.15, 0.2) is 0 Å². The molecule has 0 spiro atoms. The molecule has 0 heterocycles. The second kappa shape index (κ2) is 3.35. The van der Waals surface area contributed by atoms with Crippen LogP contribution < -0.4 is 0 Å². The molecule has 70 valence electrons. The van der Waals surface area contributed by atoms with Crippen molar-refractivity contribution in [2.75, 3.05) is 12.9 Å². The molecule has 0 radical (unpaired) electrons. The molecule has 13 heavy (non-hydrogen) atoms. The van der Waals surface area contributed by atoms with Crippen LogP contribution in [0.1, 0.15) is 18.4 Å². The van der Waals surface area contributed by atoms with Crippen LogP contribution >= 0.6 is 11.8 Å². The first kappa shape index (κ1) is 9.10. The molecule has 0 bridgehead atoms. The fourth-order valence-electron chi connectivity index (χ4n) is 1.64. The van der Waals surface area contributed by atoms with Gasteiger partial charge in [0.1, 0.15) is 0 Å². The van der Waals surface area contributed by atoms with Gasteiger partial charge in [-0.2, -0.15) is 0 Å². The van der Waals surface area contributed by atoms with E-state index in [1.165, 1.54) is 10.5 Å². The van der Waals surface area contributed by atoms with Crippen molar-refractivity contribution in [3.05, 3.63) is 29.8 Å². The monoisotopic (exact) mass is 194 g/mol. The van der Waals surface area contributed by atoms with Crippen molar-refractivity contribution in [2.24, 2.45) is 0 Å². The minimum absolute atomic E-state index is 0.117. The van der Waals surface area contributed by atoms with Crippen molar-refractivity contribution < 1.29 is 5.11 Å². The molecule has 0 aromatic heterocycles. The summed E-state index contributed by atoms with van der Waals surface area (Å²) >= 11 is 1.76. The topological polar surface area (TPSA) is 20.2 Å². The zero-order chi connectivity index (χ0) is 9.31. The highest BCUT2D eigenvalue weighted by atomic mass is 32.2. The van der Waals surface area contributed by atoms with Crippen LogP contribution in [0.15, 0.2) is 29.2 Å². The Morgan fingerprint density at radius 1 is 1.46 bits per heavy atom. The summed E-state index contributed by atoms with van der Waals surface area (Å²) in [7, 11) is 0. The molecule has 1 aliphatic rings. The summed E-state index contributed by atoms with van der Waals surface area (Å²) in [6.07, 6.45) is 4.36. The third-order valence-corrected chi connectivity index (χ3v) is 3.56. The van der Waals surface area contributed by atoms with Crippen LogP contribution in [0.5, 0.6) is 0 Å². The van der Waals surface area contributed by atoms with E-state index in [1.807, 2.05) is 0 Å². The summed E-state index contributed by atoms with van der Waals surface area (Å²) in [4.78, 5) is 1.29. The average Bonchev–Trinajstić information content (AvgIpc) is 2.99. The third-order valence-electron chi connectivity index (χ3n) is 2.84. The Bertz CT molecular complexity index is 305. The Hall–Kier alpha value is -0.470. The quantitative estimate of drug-likeness (QED) is 0.746. The molecule has 0 atom stereocenters. The highest BCUT2D eigenvalue weighted by Gasteiger charge is 2.43. The van der Waals surface area contributed by atoms with E-state index in [4.69, 9.17) is 0 Å². The summed E-state index contributed by atoms with van der Waals surface area (Å²) in [6, 6.07) is 8.52. The predicted molar refractivity (Wildman–Crippen MR) is 56.2 cm³/mol. The van der Waals surface area contributed by atoms with Crippen LogP contribution in [0.2, 0.25) is 0 Å². The van der Waals surface area contributed by atoms with Gasteiger partial charge in [0.2, 0.25) is 0 Å². The smallest absolute Gasteiger partial charge is 0.0527 e. The summed E-state index contributed by atoms with van der Waals surface area (Å²) in [6.45, 7) is 0.296. The highest BCUT2D eigenvalue weighted by molar-refractivity contribution is 7.98.